The van der Waals surface area contributed by atoms with Gasteiger partial charge >= 0.3 is 5.97 Å². The Kier molecular flexibility index (Phi) is 3.41. The molecule has 2 aromatic carbocycles. The monoisotopic (exact) mass is 297 g/mol. The second-order valence-electron chi connectivity index (χ2n) is 4.52. The number of thiophene rings is 1. The van der Waals surface area contributed by atoms with Crippen molar-refractivity contribution in [3.05, 3.63) is 64.4 Å². The molecule has 0 atom stereocenters. The van der Waals surface area contributed by atoms with Crippen LogP contribution < -0.4 is 5.32 Å². The van der Waals surface area contributed by atoms with E-state index in [9.17, 15) is 14.7 Å². The smallest absolute Gasteiger partial charge is 0.337 e. The van der Waals surface area contributed by atoms with Gasteiger partial charge in [0.05, 0.1) is 16.8 Å². The number of rotatable bonds is 3. The molecule has 5 heteroatoms. The average Bonchev–Trinajstić information content (AvgIpc) is 3.00. The second-order valence-corrected chi connectivity index (χ2v) is 5.30. The van der Waals surface area contributed by atoms with Crippen LogP contribution in [0.2, 0.25) is 0 Å². The largest absolute Gasteiger partial charge is 0.478 e. The Morgan fingerprint density at radius 1 is 1.05 bits per heavy atom. The number of carboxylic acids is 1. The molecule has 0 saturated heterocycles. The van der Waals surface area contributed by atoms with Gasteiger partial charge in [-0.1, -0.05) is 24.3 Å². The quantitative estimate of drug-likeness (QED) is 0.771. The van der Waals surface area contributed by atoms with E-state index in [-0.39, 0.29) is 11.5 Å². The average molecular weight is 297 g/mol. The van der Waals surface area contributed by atoms with Gasteiger partial charge in [0.1, 0.15) is 0 Å². The molecule has 1 amide bonds. The van der Waals surface area contributed by atoms with Gasteiger partial charge in [0.2, 0.25) is 0 Å². The lowest BCUT2D eigenvalue weighted by atomic mass is 10.0. The van der Waals surface area contributed by atoms with Crippen LogP contribution in [0.4, 0.5) is 5.69 Å². The summed E-state index contributed by atoms with van der Waals surface area (Å²) in [5.41, 5.74) is 0.902. The lowest BCUT2D eigenvalue weighted by molar-refractivity contribution is 0.0698. The van der Waals surface area contributed by atoms with E-state index >= 15 is 0 Å². The molecule has 0 aliphatic carbocycles. The maximum absolute atomic E-state index is 12.1. The van der Waals surface area contributed by atoms with Gasteiger partial charge in [0.15, 0.2) is 0 Å². The molecule has 0 radical (unpaired) electrons. The molecular weight excluding hydrogens is 286 g/mol. The Hall–Kier alpha value is -2.66. The minimum absolute atomic E-state index is 0.0808. The van der Waals surface area contributed by atoms with Crippen LogP contribution in [-0.4, -0.2) is 17.0 Å². The molecule has 104 valence electrons. The number of hydrogen-bond donors (Lipinski definition) is 2. The van der Waals surface area contributed by atoms with E-state index in [4.69, 9.17) is 0 Å². The number of nitrogens with one attached hydrogen (secondary N) is 1. The maximum atomic E-state index is 12.1. The predicted molar refractivity (Wildman–Crippen MR) is 83.2 cm³/mol. The van der Waals surface area contributed by atoms with Crippen molar-refractivity contribution in [1.82, 2.24) is 0 Å². The summed E-state index contributed by atoms with van der Waals surface area (Å²) in [7, 11) is 0. The highest BCUT2D eigenvalue weighted by atomic mass is 32.1. The third-order valence-corrected chi connectivity index (χ3v) is 3.83. The number of aromatic carboxylic acids is 1. The van der Waals surface area contributed by atoms with Crippen molar-refractivity contribution < 1.29 is 14.7 Å². The minimum atomic E-state index is -1.07. The van der Waals surface area contributed by atoms with Gasteiger partial charge in [-0.2, -0.15) is 11.3 Å². The molecule has 1 heterocycles. The molecule has 2 N–H and O–H groups in total. The van der Waals surface area contributed by atoms with Crippen molar-refractivity contribution in [2.75, 3.05) is 5.32 Å². The van der Waals surface area contributed by atoms with E-state index in [0.29, 0.717) is 11.3 Å². The van der Waals surface area contributed by atoms with Crippen LogP contribution in [0.5, 0.6) is 0 Å². The molecule has 1 aromatic heterocycles. The number of carbonyl (C=O) groups excluding carboxylic acids is 1. The van der Waals surface area contributed by atoms with E-state index in [1.165, 1.54) is 11.3 Å². The Balaban J connectivity index is 2.05. The first kappa shape index (κ1) is 13.3. The van der Waals surface area contributed by atoms with Gasteiger partial charge in [0, 0.05) is 5.38 Å². The third-order valence-electron chi connectivity index (χ3n) is 3.15. The summed E-state index contributed by atoms with van der Waals surface area (Å²) in [5, 5.41) is 17.2. The molecule has 0 aliphatic rings. The molecular formula is C16H11NO3S. The lowest BCUT2D eigenvalue weighted by Gasteiger charge is -2.10. The Bertz CT molecular complexity index is 825. The third kappa shape index (κ3) is 2.64. The van der Waals surface area contributed by atoms with Crippen molar-refractivity contribution in [2.45, 2.75) is 0 Å². The zero-order chi connectivity index (χ0) is 14.8. The van der Waals surface area contributed by atoms with Crippen LogP contribution in [-0.2, 0) is 0 Å². The first-order valence-electron chi connectivity index (χ1n) is 6.25. The molecule has 0 unspecified atom stereocenters. The van der Waals surface area contributed by atoms with Crippen LogP contribution in [0.3, 0.4) is 0 Å². The Morgan fingerprint density at radius 3 is 2.38 bits per heavy atom. The maximum Gasteiger partial charge on any atom is 0.337 e. The molecule has 0 fully saturated rings. The van der Waals surface area contributed by atoms with Gasteiger partial charge in [-0.3, -0.25) is 4.79 Å². The van der Waals surface area contributed by atoms with Crippen molar-refractivity contribution in [3.8, 4) is 0 Å². The molecule has 0 aliphatic heterocycles. The molecule has 21 heavy (non-hydrogen) atoms. The summed E-state index contributed by atoms with van der Waals surface area (Å²) in [5.74, 6) is -1.38. The number of anilines is 1. The minimum Gasteiger partial charge on any atom is -0.478 e. The van der Waals surface area contributed by atoms with Crippen LogP contribution in [0.25, 0.3) is 10.8 Å². The van der Waals surface area contributed by atoms with Crippen molar-refractivity contribution in [1.29, 1.82) is 0 Å². The zero-order valence-electron chi connectivity index (χ0n) is 10.9. The first-order chi connectivity index (χ1) is 10.1. The number of amides is 1. The fraction of sp³-hybridized carbons (Fsp3) is 0. The summed E-state index contributed by atoms with van der Waals surface area (Å²) in [4.78, 5) is 23.5. The summed E-state index contributed by atoms with van der Waals surface area (Å²) in [6.45, 7) is 0. The number of benzene rings is 2. The second kappa shape index (κ2) is 5.38. The van der Waals surface area contributed by atoms with Crippen LogP contribution in [0.1, 0.15) is 20.7 Å². The standard InChI is InChI=1S/C16H11NO3S/c18-15(12-5-6-21-9-12)17-14-8-11-4-2-1-3-10(11)7-13(14)16(19)20/h1-9H,(H,17,18)(H,19,20). The number of hydrogen-bond acceptors (Lipinski definition) is 3. The predicted octanol–water partition coefficient (Wildman–Crippen LogP) is 3.85. The highest BCUT2D eigenvalue weighted by molar-refractivity contribution is 7.08. The Labute approximate surface area is 124 Å². The van der Waals surface area contributed by atoms with E-state index in [0.717, 1.165) is 10.8 Å². The summed E-state index contributed by atoms with van der Waals surface area (Å²) >= 11 is 1.41. The van der Waals surface area contributed by atoms with Gasteiger partial charge in [-0.25, -0.2) is 4.79 Å². The van der Waals surface area contributed by atoms with Crippen molar-refractivity contribution in [3.63, 3.8) is 0 Å². The first-order valence-corrected chi connectivity index (χ1v) is 7.19. The van der Waals surface area contributed by atoms with E-state index in [1.807, 2.05) is 24.3 Å². The van der Waals surface area contributed by atoms with Crippen LogP contribution in [0.15, 0.2) is 53.2 Å². The Morgan fingerprint density at radius 2 is 1.76 bits per heavy atom. The fourth-order valence-electron chi connectivity index (χ4n) is 2.11. The van der Waals surface area contributed by atoms with Crippen molar-refractivity contribution in [2.24, 2.45) is 0 Å². The van der Waals surface area contributed by atoms with Gasteiger partial charge < -0.3 is 10.4 Å². The summed E-state index contributed by atoms with van der Waals surface area (Å²) in [6.07, 6.45) is 0. The van der Waals surface area contributed by atoms with Crippen molar-refractivity contribution >= 4 is 39.7 Å². The van der Waals surface area contributed by atoms with Gasteiger partial charge in [-0.15, -0.1) is 0 Å². The fourth-order valence-corrected chi connectivity index (χ4v) is 2.74. The summed E-state index contributed by atoms with van der Waals surface area (Å²) in [6, 6.07) is 12.4. The van der Waals surface area contributed by atoms with Crippen LogP contribution in [0, 0.1) is 0 Å². The molecule has 4 nitrogen and oxygen atoms in total. The number of carbonyl (C=O) groups is 2. The van der Waals surface area contributed by atoms with E-state index < -0.39 is 5.97 Å². The lowest BCUT2D eigenvalue weighted by Crippen LogP contribution is -2.14. The highest BCUT2D eigenvalue weighted by Gasteiger charge is 2.15. The summed E-state index contributed by atoms with van der Waals surface area (Å²) < 4.78 is 0. The normalized spacial score (nSPS) is 10.5. The topological polar surface area (TPSA) is 66.4 Å². The number of carboxylic acid groups (broad SMARTS) is 1. The molecule has 0 saturated carbocycles. The highest BCUT2D eigenvalue weighted by Crippen LogP contribution is 2.25. The molecule has 3 rings (SSSR count). The van der Waals surface area contributed by atoms with Gasteiger partial charge in [-0.05, 0) is 34.4 Å². The SMILES string of the molecule is O=C(Nc1cc2ccccc2cc1C(=O)O)c1ccsc1. The van der Waals surface area contributed by atoms with Gasteiger partial charge in [0.25, 0.3) is 5.91 Å². The van der Waals surface area contributed by atoms with Crippen LogP contribution >= 0.6 is 11.3 Å². The zero-order valence-corrected chi connectivity index (χ0v) is 11.7. The molecule has 0 bridgehead atoms. The van der Waals surface area contributed by atoms with E-state index in [1.54, 1.807) is 29.0 Å². The molecule has 3 aromatic rings. The molecule has 0 spiro atoms. The van der Waals surface area contributed by atoms with E-state index in [2.05, 4.69) is 5.32 Å². The number of fused-ring (bicyclic) bond motifs is 1.